The van der Waals surface area contributed by atoms with E-state index < -0.39 is 11.6 Å². The number of carbonyl (C=O) groups excluding carboxylic acids is 1. The van der Waals surface area contributed by atoms with Crippen LogP contribution >= 0.6 is 0 Å². The van der Waals surface area contributed by atoms with E-state index in [9.17, 15) is 13.6 Å². The Labute approximate surface area is 174 Å². The molecular formula is C21H16F2N6O2. The molecule has 3 heterocycles. The molecule has 0 saturated carbocycles. The van der Waals surface area contributed by atoms with Crippen LogP contribution in [0, 0.1) is 11.6 Å². The lowest BCUT2D eigenvalue weighted by Crippen LogP contribution is -2.38. The first-order chi connectivity index (χ1) is 15.0. The monoisotopic (exact) mass is 422 g/mol. The summed E-state index contributed by atoms with van der Waals surface area (Å²) in [7, 11) is 1.49. The minimum absolute atomic E-state index is 0.0720. The van der Waals surface area contributed by atoms with Crippen molar-refractivity contribution in [1.82, 2.24) is 25.1 Å². The molecule has 2 aromatic carbocycles. The number of aromatic nitrogens is 4. The summed E-state index contributed by atoms with van der Waals surface area (Å²) in [4.78, 5) is 22.2. The second-order valence-electron chi connectivity index (χ2n) is 7.15. The summed E-state index contributed by atoms with van der Waals surface area (Å²) in [6, 6.07) is 6.87. The van der Waals surface area contributed by atoms with Crippen LogP contribution in [-0.2, 0) is 13.1 Å². The molecule has 0 aliphatic carbocycles. The van der Waals surface area contributed by atoms with Gasteiger partial charge in [-0.2, -0.15) is 5.10 Å². The number of rotatable bonds is 4. The van der Waals surface area contributed by atoms with Crippen molar-refractivity contribution in [3.8, 4) is 17.3 Å². The smallest absolute Gasteiger partial charge is 0.322 e. The number of urea groups is 1. The summed E-state index contributed by atoms with van der Waals surface area (Å²) in [5, 5.41) is 11.0. The minimum Gasteiger partial charge on any atom is -0.467 e. The average molecular weight is 422 g/mol. The van der Waals surface area contributed by atoms with Gasteiger partial charge < -0.3 is 15.0 Å². The van der Waals surface area contributed by atoms with Crippen molar-refractivity contribution < 1.29 is 18.3 Å². The van der Waals surface area contributed by atoms with Gasteiger partial charge in [0.2, 0.25) is 0 Å². The molecule has 2 aromatic heterocycles. The minimum atomic E-state index is -0.681. The van der Waals surface area contributed by atoms with E-state index in [1.807, 2.05) is 12.1 Å². The van der Waals surface area contributed by atoms with Crippen LogP contribution in [0.3, 0.4) is 0 Å². The number of aromatic amines is 1. The Kier molecular flexibility index (Phi) is 4.46. The van der Waals surface area contributed by atoms with E-state index in [1.165, 1.54) is 24.1 Å². The maximum Gasteiger partial charge on any atom is 0.322 e. The van der Waals surface area contributed by atoms with E-state index in [1.54, 1.807) is 12.4 Å². The summed E-state index contributed by atoms with van der Waals surface area (Å²) in [5.74, 6) is -1.36. The van der Waals surface area contributed by atoms with Crippen molar-refractivity contribution >= 4 is 22.6 Å². The van der Waals surface area contributed by atoms with Crippen molar-refractivity contribution in [3.05, 3.63) is 65.5 Å². The molecule has 31 heavy (non-hydrogen) atoms. The number of benzene rings is 2. The Balaban J connectivity index is 1.48. The molecule has 4 aromatic rings. The van der Waals surface area contributed by atoms with Crippen LogP contribution in [0.15, 0.2) is 42.7 Å². The fraction of sp³-hybridized carbons (Fsp3) is 0.143. The van der Waals surface area contributed by atoms with Crippen molar-refractivity contribution in [2.24, 2.45) is 0 Å². The number of hydrogen-bond donors (Lipinski definition) is 2. The first-order valence-electron chi connectivity index (χ1n) is 9.38. The first kappa shape index (κ1) is 18.9. The van der Waals surface area contributed by atoms with Gasteiger partial charge in [-0.05, 0) is 35.4 Å². The Morgan fingerprint density at radius 2 is 1.84 bits per heavy atom. The zero-order valence-corrected chi connectivity index (χ0v) is 16.3. The van der Waals surface area contributed by atoms with Crippen molar-refractivity contribution in [2.45, 2.75) is 13.1 Å². The number of hydrogen-bond acceptors (Lipinski definition) is 5. The quantitative estimate of drug-likeness (QED) is 0.521. The first-order valence-corrected chi connectivity index (χ1v) is 9.38. The van der Waals surface area contributed by atoms with Crippen molar-refractivity contribution in [1.29, 1.82) is 0 Å². The third-order valence-corrected chi connectivity index (χ3v) is 5.06. The van der Waals surface area contributed by atoms with Crippen molar-refractivity contribution in [2.75, 3.05) is 12.4 Å². The van der Waals surface area contributed by atoms with Gasteiger partial charge in [0.05, 0.1) is 12.6 Å². The largest absolute Gasteiger partial charge is 0.467 e. The zero-order valence-electron chi connectivity index (χ0n) is 16.3. The maximum atomic E-state index is 13.5. The number of nitrogens with zero attached hydrogens (tertiary/aromatic N) is 4. The number of nitrogens with one attached hydrogen (secondary N) is 2. The molecule has 1 aliphatic heterocycles. The third kappa shape index (κ3) is 3.52. The molecule has 5 rings (SSSR count). The SMILES string of the molecule is COc1ncc(-c2n[nH]c3cc4c(cc23)CN(Cc2cc(F)cc(F)c2)C(=O)N4)cn1. The van der Waals surface area contributed by atoms with Crippen LogP contribution in [-0.4, -0.2) is 38.2 Å². The third-order valence-electron chi connectivity index (χ3n) is 5.06. The van der Waals surface area contributed by atoms with Gasteiger partial charge in [0.25, 0.3) is 0 Å². The zero-order chi connectivity index (χ0) is 21.5. The van der Waals surface area contributed by atoms with Crippen LogP contribution < -0.4 is 10.1 Å². The molecular weight excluding hydrogens is 406 g/mol. The van der Waals surface area contributed by atoms with Gasteiger partial charge >= 0.3 is 12.0 Å². The highest BCUT2D eigenvalue weighted by Gasteiger charge is 2.24. The lowest BCUT2D eigenvalue weighted by atomic mass is 10.0. The van der Waals surface area contributed by atoms with Crippen LogP contribution in [0.1, 0.15) is 11.1 Å². The molecule has 8 nitrogen and oxygen atoms in total. The number of amides is 2. The highest BCUT2D eigenvalue weighted by Crippen LogP contribution is 2.33. The molecule has 0 spiro atoms. The molecule has 0 atom stereocenters. The van der Waals surface area contributed by atoms with Gasteiger partial charge in [-0.15, -0.1) is 0 Å². The van der Waals surface area contributed by atoms with Crippen molar-refractivity contribution in [3.63, 3.8) is 0 Å². The van der Waals surface area contributed by atoms with Crippen LogP contribution in [0.25, 0.3) is 22.2 Å². The summed E-state index contributed by atoms with van der Waals surface area (Å²) >= 11 is 0. The standard InChI is InChI=1S/C21H16F2N6O2/c1-31-20-24-7-13(8-25-20)19-16-4-12-10-29(9-11-2-14(22)5-15(23)3-11)21(30)26-17(12)6-18(16)27-28-19/h2-8H,9-10H2,1H3,(H,26,30)(H,27,28). The Hall–Kier alpha value is -4.08. The maximum absolute atomic E-state index is 13.5. The summed E-state index contributed by atoms with van der Waals surface area (Å²) in [6.45, 7) is 0.349. The van der Waals surface area contributed by atoms with Gasteiger partial charge in [0.15, 0.2) is 0 Å². The van der Waals surface area contributed by atoms with E-state index in [0.29, 0.717) is 22.5 Å². The van der Waals surface area contributed by atoms with Gasteiger partial charge in [-0.3, -0.25) is 5.10 Å². The van der Waals surface area contributed by atoms with Crippen LogP contribution in [0.4, 0.5) is 19.3 Å². The molecule has 0 saturated heterocycles. The fourth-order valence-corrected chi connectivity index (χ4v) is 3.64. The topological polar surface area (TPSA) is 96.0 Å². The summed E-state index contributed by atoms with van der Waals surface area (Å²) in [6.07, 6.45) is 3.24. The molecule has 1 aliphatic rings. The molecule has 0 radical (unpaired) electrons. The number of fused-ring (bicyclic) bond motifs is 2. The fourth-order valence-electron chi connectivity index (χ4n) is 3.64. The number of carbonyl (C=O) groups is 1. The predicted molar refractivity (Wildman–Crippen MR) is 108 cm³/mol. The van der Waals surface area contributed by atoms with Gasteiger partial charge in [-0.1, -0.05) is 0 Å². The normalized spacial score (nSPS) is 13.3. The lowest BCUT2D eigenvalue weighted by molar-refractivity contribution is 0.204. The molecule has 0 fully saturated rings. The van der Waals surface area contributed by atoms with Crippen LogP contribution in [0.5, 0.6) is 6.01 Å². The number of methoxy groups -OCH3 is 1. The number of anilines is 1. The Morgan fingerprint density at radius 3 is 2.55 bits per heavy atom. The summed E-state index contributed by atoms with van der Waals surface area (Å²) in [5.41, 5.74) is 3.98. The van der Waals surface area contributed by atoms with E-state index in [0.717, 1.165) is 22.5 Å². The molecule has 10 heteroatoms. The number of ether oxygens (including phenoxy) is 1. The molecule has 0 unspecified atom stereocenters. The van der Waals surface area contributed by atoms with Crippen LogP contribution in [0.2, 0.25) is 0 Å². The molecule has 156 valence electrons. The molecule has 2 amide bonds. The van der Waals surface area contributed by atoms with E-state index >= 15 is 0 Å². The van der Waals surface area contributed by atoms with E-state index in [4.69, 9.17) is 4.74 Å². The highest BCUT2D eigenvalue weighted by molar-refractivity contribution is 5.99. The Morgan fingerprint density at radius 1 is 1.10 bits per heavy atom. The number of H-pyrrole nitrogens is 1. The van der Waals surface area contributed by atoms with E-state index in [-0.39, 0.29) is 25.1 Å². The lowest BCUT2D eigenvalue weighted by Gasteiger charge is -2.29. The summed E-state index contributed by atoms with van der Waals surface area (Å²) < 4.78 is 32.0. The second-order valence-corrected chi connectivity index (χ2v) is 7.15. The van der Waals surface area contributed by atoms with Gasteiger partial charge in [-0.25, -0.2) is 23.5 Å². The highest BCUT2D eigenvalue weighted by atomic mass is 19.1. The Bertz CT molecular complexity index is 1290. The van der Waals surface area contributed by atoms with Gasteiger partial charge in [0.1, 0.15) is 17.3 Å². The number of halogens is 2. The second kappa shape index (κ2) is 7.31. The average Bonchev–Trinajstić information content (AvgIpc) is 3.15. The molecule has 0 bridgehead atoms. The predicted octanol–water partition coefficient (Wildman–Crippen LogP) is 3.85. The van der Waals surface area contributed by atoms with Gasteiger partial charge in [0, 0.05) is 48.2 Å². The van der Waals surface area contributed by atoms with E-state index in [2.05, 4.69) is 25.5 Å². The molecule has 2 N–H and O–H groups in total.